The molecule has 0 spiro atoms. The van der Waals surface area contributed by atoms with Crippen molar-refractivity contribution >= 4 is 17.9 Å². The Balaban J connectivity index is 4.38. The molecule has 0 rings (SSSR count). The molecule has 0 radical (unpaired) electrons. The van der Waals surface area contributed by atoms with Crippen molar-refractivity contribution in [1.82, 2.24) is 0 Å². The molecule has 0 aromatic carbocycles. The third kappa shape index (κ3) is 51.8. The Morgan fingerprint density at radius 2 is 0.591 bits per heavy atom. The van der Waals surface area contributed by atoms with Crippen molar-refractivity contribution in [2.75, 3.05) is 13.2 Å². The summed E-state index contributed by atoms with van der Waals surface area (Å²) in [6.07, 6.45) is 68.9. The fourth-order valence-electron chi connectivity index (χ4n) is 7.76. The Kier molecular flexibility index (Phi) is 51.9. The SMILES string of the molecule is CC/C=C\C/C=C\C/C=C\C/C=C\C/C=C\CCCCCC(=O)OC[C@@H](COC(=O)CCCCCCCCCCCC)OC(=O)CCCCCCCCC/C=C\CCCCCCCCCC. The Labute approximate surface area is 408 Å². The van der Waals surface area contributed by atoms with Gasteiger partial charge in [0.25, 0.3) is 0 Å². The van der Waals surface area contributed by atoms with Crippen LogP contribution in [-0.2, 0) is 28.6 Å². The molecule has 0 aromatic rings. The van der Waals surface area contributed by atoms with E-state index in [1.165, 1.54) is 135 Å². The van der Waals surface area contributed by atoms with Gasteiger partial charge in [0.2, 0.25) is 0 Å². The number of hydrogen-bond acceptors (Lipinski definition) is 6. The molecule has 0 aromatic heterocycles. The Hall–Kier alpha value is -3.15. The lowest BCUT2D eigenvalue weighted by Crippen LogP contribution is -2.30. The lowest BCUT2D eigenvalue weighted by molar-refractivity contribution is -0.167. The summed E-state index contributed by atoms with van der Waals surface area (Å²) in [7, 11) is 0. The number of ether oxygens (including phenoxy) is 3. The number of esters is 3. The number of carbonyl (C=O) groups is 3. The summed E-state index contributed by atoms with van der Waals surface area (Å²) in [5.74, 6) is -0.919. The molecule has 0 heterocycles. The molecule has 6 heteroatoms. The van der Waals surface area contributed by atoms with Gasteiger partial charge >= 0.3 is 17.9 Å². The maximum atomic E-state index is 12.8. The van der Waals surface area contributed by atoms with Crippen molar-refractivity contribution in [2.45, 2.75) is 277 Å². The monoisotopic (exact) mass is 921 g/mol. The average molecular weight is 921 g/mol. The highest BCUT2D eigenvalue weighted by atomic mass is 16.6. The molecule has 380 valence electrons. The predicted molar refractivity (Wildman–Crippen MR) is 284 cm³/mol. The molecule has 0 saturated carbocycles. The molecule has 0 saturated heterocycles. The second-order valence-electron chi connectivity index (χ2n) is 18.5. The largest absolute Gasteiger partial charge is 0.462 e. The van der Waals surface area contributed by atoms with Crippen molar-refractivity contribution in [3.63, 3.8) is 0 Å². The van der Waals surface area contributed by atoms with Gasteiger partial charge in [0, 0.05) is 19.3 Å². The number of hydrogen-bond donors (Lipinski definition) is 0. The molecule has 0 amide bonds. The van der Waals surface area contributed by atoms with Crippen LogP contribution in [0.15, 0.2) is 72.9 Å². The number of carbonyl (C=O) groups excluding carboxylic acids is 3. The first-order chi connectivity index (χ1) is 32.5. The molecular formula is C60H104O6. The maximum absolute atomic E-state index is 12.8. The summed E-state index contributed by atoms with van der Waals surface area (Å²) in [6, 6.07) is 0. The Morgan fingerprint density at radius 3 is 0.955 bits per heavy atom. The van der Waals surface area contributed by atoms with E-state index in [1.807, 2.05) is 0 Å². The third-order valence-corrected chi connectivity index (χ3v) is 11.9. The van der Waals surface area contributed by atoms with Crippen molar-refractivity contribution in [3.05, 3.63) is 72.9 Å². The average Bonchev–Trinajstić information content (AvgIpc) is 3.31. The summed E-state index contributed by atoms with van der Waals surface area (Å²) in [6.45, 7) is 6.50. The Morgan fingerprint density at radius 1 is 0.318 bits per heavy atom. The van der Waals surface area contributed by atoms with Crippen LogP contribution < -0.4 is 0 Å². The molecule has 0 bridgehead atoms. The standard InChI is InChI=1S/C60H104O6/c1-4-7-10-13-16-19-22-24-26-28-30-32-34-36-38-41-44-47-50-53-59(62)65-56-57(55-64-58(61)52-49-46-43-40-21-18-15-12-9-6-3)66-60(63)54-51-48-45-42-39-37-35-33-31-29-27-25-23-20-17-14-11-8-5-2/h7,10,16,19,24,26,29-32,36,38,57H,4-6,8-9,11-15,17-18,20-23,25,27-28,33-35,37,39-56H2,1-3H3/b10-7-,19-16-,26-24-,31-29-,32-30-,38-36-/t57-/m1/s1. The van der Waals surface area contributed by atoms with Gasteiger partial charge in [0.1, 0.15) is 13.2 Å². The molecule has 66 heavy (non-hydrogen) atoms. The van der Waals surface area contributed by atoms with Crippen molar-refractivity contribution in [2.24, 2.45) is 0 Å². The summed E-state index contributed by atoms with van der Waals surface area (Å²) in [5, 5.41) is 0. The van der Waals surface area contributed by atoms with E-state index in [9.17, 15) is 14.4 Å². The minimum atomic E-state index is -0.789. The molecule has 6 nitrogen and oxygen atoms in total. The van der Waals surface area contributed by atoms with Gasteiger partial charge in [-0.15, -0.1) is 0 Å². The summed E-state index contributed by atoms with van der Waals surface area (Å²) in [5.41, 5.74) is 0. The molecule has 0 aliphatic heterocycles. The van der Waals surface area contributed by atoms with Gasteiger partial charge in [-0.1, -0.05) is 235 Å². The molecule has 1 atom stereocenters. The first kappa shape index (κ1) is 62.8. The fraction of sp³-hybridized carbons (Fsp3) is 0.750. The van der Waals surface area contributed by atoms with E-state index in [0.29, 0.717) is 19.3 Å². The van der Waals surface area contributed by atoms with Gasteiger partial charge in [0.05, 0.1) is 0 Å². The summed E-state index contributed by atoms with van der Waals surface area (Å²) >= 11 is 0. The zero-order chi connectivity index (χ0) is 47.9. The van der Waals surface area contributed by atoms with Crippen LogP contribution in [0.4, 0.5) is 0 Å². The molecule has 0 fully saturated rings. The van der Waals surface area contributed by atoms with Crippen LogP contribution in [0.1, 0.15) is 271 Å². The molecule has 0 N–H and O–H groups in total. The third-order valence-electron chi connectivity index (χ3n) is 11.9. The molecule has 0 aliphatic carbocycles. The van der Waals surface area contributed by atoms with Crippen LogP contribution in [0.2, 0.25) is 0 Å². The van der Waals surface area contributed by atoms with Gasteiger partial charge in [0.15, 0.2) is 6.10 Å². The van der Waals surface area contributed by atoms with Gasteiger partial charge in [-0.05, 0) is 89.9 Å². The van der Waals surface area contributed by atoms with E-state index < -0.39 is 6.10 Å². The van der Waals surface area contributed by atoms with Crippen molar-refractivity contribution in [3.8, 4) is 0 Å². The van der Waals surface area contributed by atoms with Gasteiger partial charge in [-0.3, -0.25) is 14.4 Å². The summed E-state index contributed by atoms with van der Waals surface area (Å²) in [4.78, 5) is 38.0. The Bertz CT molecular complexity index is 1240. The van der Waals surface area contributed by atoms with Crippen molar-refractivity contribution < 1.29 is 28.6 Å². The molecule has 0 unspecified atom stereocenters. The van der Waals surface area contributed by atoms with E-state index >= 15 is 0 Å². The molecular weight excluding hydrogens is 817 g/mol. The maximum Gasteiger partial charge on any atom is 0.306 e. The van der Waals surface area contributed by atoms with Gasteiger partial charge in [-0.2, -0.15) is 0 Å². The van der Waals surface area contributed by atoms with Crippen LogP contribution in [0.5, 0.6) is 0 Å². The van der Waals surface area contributed by atoms with E-state index in [0.717, 1.165) is 96.3 Å². The first-order valence-electron chi connectivity index (χ1n) is 27.9. The minimum Gasteiger partial charge on any atom is -0.462 e. The predicted octanol–water partition coefficient (Wildman–Crippen LogP) is 18.6. The van der Waals surface area contributed by atoms with Crippen LogP contribution in [0.25, 0.3) is 0 Å². The van der Waals surface area contributed by atoms with E-state index in [-0.39, 0.29) is 31.1 Å². The lowest BCUT2D eigenvalue weighted by atomic mass is 10.1. The lowest BCUT2D eigenvalue weighted by Gasteiger charge is -2.18. The van der Waals surface area contributed by atoms with E-state index in [4.69, 9.17) is 14.2 Å². The van der Waals surface area contributed by atoms with Gasteiger partial charge in [-0.25, -0.2) is 0 Å². The van der Waals surface area contributed by atoms with Crippen LogP contribution >= 0.6 is 0 Å². The minimum absolute atomic E-state index is 0.0861. The number of unbranched alkanes of at least 4 members (excludes halogenated alkanes) is 27. The van der Waals surface area contributed by atoms with Gasteiger partial charge < -0.3 is 14.2 Å². The second kappa shape index (κ2) is 54.5. The van der Waals surface area contributed by atoms with E-state index in [1.54, 1.807) is 0 Å². The van der Waals surface area contributed by atoms with Crippen LogP contribution in [-0.4, -0.2) is 37.2 Å². The first-order valence-corrected chi connectivity index (χ1v) is 27.9. The number of rotatable bonds is 50. The smallest absolute Gasteiger partial charge is 0.306 e. The summed E-state index contributed by atoms with van der Waals surface area (Å²) < 4.78 is 16.8. The highest BCUT2D eigenvalue weighted by molar-refractivity contribution is 5.71. The van der Waals surface area contributed by atoms with E-state index in [2.05, 4.69) is 93.7 Å². The zero-order valence-electron chi connectivity index (χ0n) is 43.4. The zero-order valence-corrected chi connectivity index (χ0v) is 43.4. The highest BCUT2D eigenvalue weighted by Crippen LogP contribution is 2.15. The van der Waals surface area contributed by atoms with Crippen LogP contribution in [0, 0.1) is 0 Å². The van der Waals surface area contributed by atoms with Crippen LogP contribution in [0.3, 0.4) is 0 Å². The second-order valence-corrected chi connectivity index (χ2v) is 18.5. The quantitative estimate of drug-likeness (QED) is 0.0262. The normalized spacial score (nSPS) is 12.6. The fourth-order valence-corrected chi connectivity index (χ4v) is 7.76. The van der Waals surface area contributed by atoms with Crippen molar-refractivity contribution in [1.29, 1.82) is 0 Å². The molecule has 0 aliphatic rings. The topological polar surface area (TPSA) is 78.9 Å². The highest BCUT2D eigenvalue weighted by Gasteiger charge is 2.19. The number of allylic oxidation sites excluding steroid dienone is 12.